The zero-order valence-corrected chi connectivity index (χ0v) is 30.6. The predicted octanol–water partition coefficient (Wildman–Crippen LogP) is 10.3. The lowest BCUT2D eigenvalue weighted by atomic mass is 9.90. The van der Waals surface area contributed by atoms with Crippen LogP contribution in [0.15, 0.2) is 84.9 Å². The average Bonchev–Trinajstić information content (AvgIpc) is 3.00. The van der Waals surface area contributed by atoms with E-state index in [-0.39, 0.29) is 0 Å². The van der Waals surface area contributed by atoms with Crippen molar-refractivity contribution in [2.24, 2.45) is 0 Å². The minimum Gasteiger partial charge on any atom is -0.456 e. The van der Waals surface area contributed by atoms with Crippen LogP contribution in [0.1, 0.15) is 44.5 Å². The Hall–Kier alpha value is -4.04. The minimum atomic E-state index is -5.05. The van der Waals surface area contributed by atoms with Crippen molar-refractivity contribution in [1.29, 1.82) is 0 Å². The van der Waals surface area contributed by atoms with E-state index in [9.17, 15) is 9.13 Å². The van der Waals surface area contributed by atoms with E-state index in [0.29, 0.717) is 0 Å². The van der Waals surface area contributed by atoms with E-state index in [2.05, 4.69) is 132 Å². The lowest BCUT2D eigenvalue weighted by molar-refractivity contribution is 0.225. The monoisotopic (exact) mass is 704 g/mol. The molecule has 0 aliphatic heterocycles. The number of rotatable bonds is 8. The number of aryl methyl sites for hydroxylation is 4. The molecule has 0 aliphatic rings. The van der Waals surface area contributed by atoms with Crippen molar-refractivity contribution in [3.63, 3.8) is 0 Å². The summed E-state index contributed by atoms with van der Waals surface area (Å²) in [7, 11) is -10.1. The van der Waals surface area contributed by atoms with E-state index in [1.54, 1.807) is 0 Å². The molecule has 0 amide bonds. The van der Waals surface area contributed by atoms with Crippen LogP contribution in [0.5, 0.6) is 23.0 Å². The Kier molecular flexibility index (Phi) is 11.7. The molecule has 0 saturated carbocycles. The minimum absolute atomic E-state index is 0.775. The summed E-state index contributed by atoms with van der Waals surface area (Å²) >= 11 is 0. The molecule has 0 atom stereocenters. The van der Waals surface area contributed by atoms with Gasteiger partial charge in [-0.25, -0.2) is 9.13 Å². The zero-order chi connectivity index (χ0) is 36.3. The summed E-state index contributed by atoms with van der Waals surface area (Å²) in [5.41, 5.74) is 13.8. The van der Waals surface area contributed by atoms with Crippen molar-refractivity contribution in [1.82, 2.24) is 0 Å². The highest BCUT2D eigenvalue weighted by molar-refractivity contribution is 7.60. The standard InChI is InChI=1S/C38H38O2.H4O7P2/c1-23-13-9-17-31(27(23)5)33-21-22-36(39-34-19-11-15-25(3)29(34)7)37(32-18-10-14-24(2)28(32)6)38(33)40-35-20-12-16-26(4)30(35)8;1-8(2,3)7-9(4,5)6/h9-22H,1-8H3;(H2,1,2,3)(H2,4,5,6). The van der Waals surface area contributed by atoms with Crippen LogP contribution < -0.4 is 9.47 Å². The second-order valence-corrected chi connectivity index (χ2v) is 14.6. The quantitative estimate of drug-likeness (QED) is 0.116. The lowest BCUT2D eigenvalue weighted by Crippen LogP contribution is -2.01. The molecule has 49 heavy (non-hydrogen) atoms. The Bertz CT molecular complexity index is 2070. The van der Waals surface area contributed by atoms with E-state index in [1.165, 1.54) is 33.4 Å². The molecule has 0 heterocycles. The molecular weight excluding hydrogens is 662 g/mol. The molecular formula is C38H42O9P2. The normalized spacial score (nSPS) is 11.5. The van der Waals surface area contributed by atoms with Gasteiger partial charge in [0.1, 0.15) is 23.0 Å². The first-order valence-electron chi connectivity index (χ1n) is 15.5. The Morgan fingerprint density at radius 2 is 0.837 bits per heavy atom. The van der Waals surface area contributed by atoms with Crippen LogP contribution in [-0.2, 0) is 13.4 Å². The summed E-state index contributed by atoms with van der Waals surface area (Å²) in [5.74, 6) is 3.28. The third-order valence-corrected chi connectivity index (χ3v) is 10.3. The van der Waals surface area contributed by atoms with Gasteiger partial charge in [0.25, 0.3) is 0 Å². The van der Waals surface area contributed by atoms with Gasteiger partial charge in [0.15, 0.2) is 0 Å². The third-order valence-electron chi connectivity index (χ3n) is 8.64. The van der Waals surface area contributed by atoms with Crippen molar-refractivity contribution < 1.29 is 42.5 Å². The summed E-state index contributed by atoms with van der Waals surface area (Å²) < 4.78 is 36.0. The first kappa shape index (κ1) is 37.8. The predicted molar refractivity (Wildman–Crippen MR) is 193 cm³/mol. The molecule has 0 aliphatic carbocycles. The van der Waals surface area contributed by atoms with Crippen LogP contribution >= 0.6 is 15.6 Å². The first-order valence-corrected chi connectivity index (χ1v) is 18.5. The van der Waals surface area contributed by atoms with E-state index in [4.69, 9.17) is 29.0 Å². The molecule has 0 spiro atoms. The fraction of sp³-hybridized carbons (Fsp3) is 0.211. The number of ether oxygens (including phenoxy) is 2. The van der Waals surface area contributed by atoms with Gasteiger partial charge >= 0.3 is 15.6 Å². The molecule has 5 aromatic carbocycles. The number of hydrogen-bond donors (Lipinski definition) is 4. The van der Waals surface area contributed by atoms with E-state index >= 15 is 0 Å². The summed E-state index contributed by atoms with van der Waals surface area (Å²) in [5, 5.41) is 0. The Labute approximate surface area is 287 Å². The highest BCUT2D eigenvalue weighted by Gasteiger charge is 2.28. The molecule has 5 rings (SSSR count). The molecule has 0 radical (unpaired) electrons. The fourth-order valence-electron chi connectivity index (χ4n) is 5.32. The van der Waals surface area contributed by atoms with Crippen LogP contribution in [0.2, 0.25) is 0 Å². The van der Waals surface area contributed by atoms with E-state index < -0.39 is 15.6 Å². The van der Waals surface area contributed by atoms with Crippen molar-refractivity contribution >= 4 is 15.6 Å². The van der Waals surface area contributed by atoms with Crippen molar-refractivity contribution in [3.8, 4) is 45.3 Å². The smallest absolute Gasteiger partial charge is 0.456 e. The van der Waals surface area contributed by atoms with Crippen molar-refractivity contribution in [2.75, 3.05) is 0 Å². The molecule has 5 aromatic rings. The molecule has 258 valence electrons. The Morgan fingerprint density at radius 3 is 1.31 bits per heavy atom. The van der Waals surface area contributed by atoms with Crippen LogP contribution in [0.3, 0.4) is 0 Å². The number of phosphoric acid groups is 2. The summed E-state index contributed by atoms with van der Waals surface area (Å²) in [6, 6.07) is 29.6. The van der Waals surface area contributed by atoms with Gasteiger partial charge in [-0.1, -0.05) is 60.7 Å². The van der Waals surface area contributed by atoms with Crippen LogP contribution in [0.4, 0.5) is 0 Å². The summed E-state index contributed by atoms with van der Waals surface area (Å²) in [6.45, 7) is 17.2. The lowest BCUT2D eigenvalue weighted by Gasteiger charge is -2.23. The molecule has 0 fully saturated rings. The van der Waals surface area contributed by atoms with Crippen molar-refractivity contribution in [2.45, 2.75) is 55.4 Å². The highest BCUT2D eigenvalue weighted by atomic mass is 31.3. The maximum Gasteiger partial charge on any atom is 0.478 e. The second kappa shape index (κ2) is 15.2. The van der Waals surface area contributed by atoms with Crippen LogP contribution in [-0.4, -0.2) is 19.6 Å². The number of benzene rings is 5. The zero-order valence-electron chi connectivity index (χ0n) is 28.8. The summed E-state index contributed by atoms with van der Waals surface area (Å²) in [4.78, 5) is 31.0. The van der Waals surface area contributed by atoms with Crippen LogP contribution in [0, 0.1) is 55.4 Å². The maximum absolute atomic E-state index is 9.63. The molecule has 9 nitrogen and oxygen atoms in total. The topological polar surface area (TPSA) is 143 Å². The highest BCUT2D eigenvalue weighted by Crippen LogP contribution is 2.54. The van der Waals surface area contributed by atoms with Crippen LogP contribution in [0.25, 0.3) is 22.3 Å². The molecule has 0 unspecified atom stereocenters. The molecule has 4 N–H and O–H groups in total. The van der Waals surface area contributed by atoms with Gasteiger partial charge in [0, 0.05) is 5.56 Å². The van der Waals surface area contributed by atoms with Gasteiger partial charge in [-0.2, -0.15) is 4.31 Å². The second-order valence-electron chi connectivity index (χ2n) is 12.0. The molecule has 11 heteroatoms. The largest absolute Gasteiger partial charge is 0.478 e. The van der Waals surface area contributed by atoms with Gasteiger partial charge in [0.05, 0.1) is 5.56 Å². The van der Waals surface area contributed by atoms with Gasteiger partial charge in [0.2, 0.25) is 0 Å². The fourth-order valence-corrected chi connectivity index (χ4v) is 6.43. The van der Waals surface area contributed by atoms with Gasteiger partial charge in [-0.15, -0.1) is 0 Å². The Balaban J connectivity index is 0.000000529. The van der Waals surface area contributed by atoms with Gasteiger partial charge < -0.3 is 29.0 Å². The van der Waals surface area contributed by atoms with E-state index in [1.807, 2.05) is 12.1 Å². The molecule has 0 aromatic heterocycles. The molecule has 0 bridgehead atoms. The van der Waals surface area contributed by atoms with E-state index in [0.717, 1.165) is 56.4 Å². The summed E-state index contributed by atoms with van der Waals surface area (Å²) in [6.07, 6.45) is 0. The molecule has 0 saturated heterocycles. The SMILES string of the molecule is Cc1cccc(Oc2ccc(-c3cccc(C)c3C)c(Oc3cccc(C)c3C)c2-c2cccc(C)c2C)c1C.O=P(O)(O)OP(=O)(O)O. The average molecular weight is 705 g/mol. The maximum atomic E-state index is 9.63. The first-order chi connectivity index (χ1) is 22.9. The third kappa shape index (κ3) is 9.35. The van der Waals surface area contributed by atoms with Gasteiger partial charge in [-0.3, -0.25) is 0 Å². The van der Waals surface area contributed by atoms with Gasteiger partial charge in [-0.05, 0) is 135 Å². The Morgan fingerprint density at radius 1 is 0.429 bits per heavy atom. The number of hydrogen-bond acceptors (Lipinski definition) is 5. The van der Waals surface area contributed by atoms with Crippen molar-refractivity contribution in [3.05, 3.63) is 129 Å².